The largest absolute Gasteiger partial charge is 0.349 e. The number of hydrogen-bond donors (Lipinski definition) is 2. The molecule has 0 aliphatic carbocycles. The zero-order valence-electron chi connectivity index (χ0n) is 17.3. The van der Waals surface area contributed by atoms with Crippen molar-refractivity contribution in [3.8, 4) is 0 Å². The number of para-hydroxylation sites is 1. The molecule has 0 fully saturated rings. The zero-order chi connectivity index (χ0) is 20.7. The molecule has 0 aliphatic rings. The predicted molar refractivity (Wildman–Crippen MR) is 113 cm³/mol. The van der Waals surface area contributed by atoms with Crippen molar-refractivity contribution in [2.24, 2.45) is 0 Å². The van der Waals surface area contributed by atoms with E-state index in [0.717, 1.165) is 11.1 Å². The summed E-state index contributed by atoms with van der Waals surface area (Å²) in [4.78, 5) is 28.1. The first kappa shape index (κ1) is 21.4. The third kappa shape index (κ3) is 6.09. The van der Waals surface area contributed by atoms with Gasteiger partial charge in [0.1, 0.15) is 0 Å². The second kappa shape index (κ2) is 9.90. The lowest BCUT2D eigenvalue weighted by Gasteiger charge is -2.25. The van der Waals surface area contributed by atoms with Crippen LogP contribution in [0.15, 0.2) is 48.5 Å². The summed E-state index contributed by atoms with van der Waals surface area (Å²) in [5.74, 6) is -0.0122. The number of urea groups is 1. The normalized spacial score (nSPS) is 11.8. The summed E-state index contributed by atoms with van der Waals surface area (Å²) in [6.07, 6.45) is 0.243. The topological polar surface area (TPSA) is 64.7 Å². The molecule has 2 aromatic rings. The highest BCUT2D eigenvalue weighted by Crippen LogP contribution is 2.19. The Balaban J connectivity index is 2.03. The van der Waals surface area contributed by atoms with E-state index in [-0.39, 0.29) is 24.4 Å². The van der Waals surface area contributed by atoms with Gasteiger partial charge in [0.25, 0.3) is 0 Å². The van der Waals surface area contributed by atoms with E-state index < -0.39 is 0 Å². The first-order valence-corrected chi connectivity index (χ1v) is 9.34. The van der Waals surface area contributed by atoms with Crippen LogP contribution < -0.4 is 10.6 Å². The maximum atomic E-state index is 12.5. The molecule has 0 saturated carbocycles. The molecule has 0 bridgehead atoms. The van der Waals surface area contributed by atoms with Gasteiger partial charge in [-0.05, 0) is 38.2 Å². The summed E-state index contributed by atoms with van der Waals surface area (Å²) in [7, 11) is 7.43. The number of carbonyl (C=O) groups excluding carboxylic acids is 2. The smallest absolute Gasteiger partial charge is 0.319 e. The van der Waals surface area contributed by atoms with Crippen molar-refractivity contribution in [1.29, 1.82) is 0 Å². The maximum Gasteiger partial charge on any atom is 0.319 e. The molecule has 0 aliphatic heterocycles. The van der Waals surface area contributed by atoms with Crippen LogP contribution in [0.1, 0.15) is 22.7 Å². The van der Waals surface area contributed by atoms with Crippen LogP contribution in [0, 0.1) is 6.92 Å². The number of benzene rings is 2. The number of hydrogen-bond acceptors (Lipinski definition) is 3. The second-order valence-corrected chi connectivity index (χ2v) is 7.35. The highest BCUT2D eigenvalue weighted by Gasteiger charge is 2.16. The molecule has 0 saturated heterocycles. The van der Waals surface area contributed by atoms with E-state index in [1.165, 1.54) is 5.56 Å². The maximum absolute atomic E-state index is 12.5. The summed E-state index contributed by atoms with van der Waals surface area (Å²) in [6.45, 7) is 2.53. The molecule has 0 radical (unpaired) electrons. The molecule has 0 unspecified atom stereocenters. The van der Waals surface area contributed by atoms with Gasteiger partial charge in [0.05, 0.1) is 12.5 Å². The third-order valence-corrected chi connectivity index (χ3v) is 4.61. The molecule has 2 aromatic carbocycles. The average Bonchev–Trinajstić information content (AvgIpc) is 2.63. The fraction of sp³-hybridized carbons (Fsp3) is 0.364. The van der Waals surface area contributed by atoms with E-state index in [4.69, 9.17) is 0 Å². The quantitative estimate of drug-likeness (QED) is 0.774. The van der Waals surface area contributed by atoms with Crippen LogP contribution in [-0.4, -0.2) is 56.5 Å². The molecule has 1 atom stereocenters. The van der Waals surface area contributed by atoms with Crippen molar-refractivity contribution in [3.63, 3.8) is 0 Å². The van der Waals surface area contributed by atoms with Crippen LogP contribution in [0.4, 0.5) is 10.5 Å². The van der Waals surface area contributed by atoms with Crippen LogP contribution in [0.5, 0.6) is 0 Å². The van der Waals surface area contributed by atoms with Gasteiger partial charge in [-0.2, -0.15) is 0 Å². The fourth-order valence-corrected chi connectivity index (χ4v) is 2.95. The van der Waals surface area contributed by atoms with Crippen LogP contribution in [0.2, 0.25) is 0 Å². The van der Waals surface area contributed by atoms with Gasteiger partial charge in [-0.1, -0.05) is 48.0 Å². The minimum Gasteiger partial charge on any atom is -0.349 e. The number of amides is 3. The number of nitrogens with zero attached hydrogens (tertiary/aromatic N) is 2. The summed E-state index contributed by atoms with van der Waals surface area (Å²) in [6, 6.07) is 15.4. The van der Waals surface area contributed by atoms with Gasteiger partial charge >= 0.3 is 6.03 Å². The van der Waals surface area contributed by atoms with Gasteiger partial charge in [-0.25, -0.2) is 4.79 Å². The van der Waals surface area contributed by atoms with Crippen molar-refractivity contribution < 1.29 is 9.59 Å². The zero-order valence-corrected chi connectivity index (χ0v) is 17.3. The molecule has 2 rings (SSSR count). The Morgan fingerprint density at radius 1 is 1.00 bits per heavy atom. The Bertz CT molecular complexity index is 818. The Morgan fingerprint density at radius 3 is 2.36 bits per heavy atom. The molecule has 6 nitrogen and oxygen atoms in total. The van der Waals surface area contributed by atoms with E-state index in [9.17, 15) is 9.59 Å². The molecule has 150 valence electrons. The SMILES string of the molecule is Cc1cccc([C@@H](CNC(=O)Nc2ccccc2CC(=O)N(C)C)N(C)C)c1. The first-order valence-electron chi connectivity index (χ1n) is 9.34. The van der Waals surface area contributed by atoms with Crippen molar-refractivity contribution in [1.82, 2.24) is 15.1 Å². The van der Waals surface area contributed by atoms with E-state index in [1.807, 2.05) is 44.4 Å². The molecule has 28 heavy (non-hydrogen) atoms. The number of nitrogens with one attached hydrogen (secondary N) is 2. The van der Waals surface area contributed by atoms with Crippen molar-refractivity contribution in [2.75, 3.05) is 40.1 Å². The summed E-state index contributed by atoms with van der Waals surface area (Å²) >= 11 is 0. The summed E-state index contributed by atoms with van der Waals surface area (Å²) < 4.78 is 0. The molecular weight excluding hydrogens is 352 g/mol. The highest BCUT2D eigenvalue weighted by molar-refractivity contribution is 5.91. The van der Waals surface area contributed by atoms with Gasteiger partial charge in [-0.3, -0.25) is 4.79 Å². The molecule has 0 heterocycles. The minimum absolute atomic E-state index is 0.0122. The fourth-order valence-electron chi connectivity index (χ4n) is 2.95. The van der Waals surface area contributed by atoms with Crippen LogP contribution in [0.25, 0.3) is 0 Å². The van der Waals surface area contributed by atoms with Crippen LogP contribution in [0.3, 0.4) is 0 Å². The highest BCUT2D eigenvalue weighted by atomic mass is 16.2. The van der Waals surface area contributed by atoms with E-state index in [2.05, 4.69) is 40.7 Å². The first-order chi connectivity index (χ1) is 13.3. The Morgan fingerprint density at radius 2 is 1.71 bits per heavy atom. The lowest BCUT2D eigenvalue weighted by atomic mass is 10.0. The number of likely N-dealkylation sites (N-methyl/N-ethyl adjacent to an activating group) is 2. The van der Waals surface area contributed by atoms with Gasteiger partial charge < -0.3 is 20.4 Å². The Labute approximate surface area is 167 Å². The number of anilines is 1. The standard InChI is InChI=1S/C22H30N4O2/c1-16-9-8-11-18(13-16)20(25(2)3)15-23-22(28)24-19-12-7-6-10-17(19)14-21(27)26(4)5/h6-13,20H,14-15H2,1-5H3,(H2,23,24,28)/t20-/m1/s1. The van der Waals surface area contributed by atoms with Crippen molar-refractivity contribution in [3.05, 3.63) is 65.2 Å². The Hall–Kier alpha value is -2.86. The van der Waals surface area contributed by atoms with Gasteiger partial charge in [-0.15, -0.1) is 0 Å². The number of aryl methyl sites for hydroxylation is 1. The number of carbonyl (C=O) groups is 2. The predicted octanol–water partition coefficient (Wildman–Crippen LogP) is 3.05. The van der Waals surface area contributed by atoms with Gasteiger partial charge in [0, 0.05) is 26.3 Å². The minimum atomic E-state index is -0.288. The Kier molecular flexibility index (Phi) is 7.58. The summed E-state index contributed by atoms with van der Waals surface area (Å²) in [5.41, 5.74) is 3.78. The van der Waals surface area contributed by atoms with Gasteiger partial charge in [0.15, 0.2) is 0 Å². The lowest BCUT2D eigenvalue weighted by Crippen LogP contribution is -2.37. The lowest BCUT2D eigenvalue weighted by molar-refractivity contribution is -0.127. The number of rotatable bonds is 7. The monoisotopic (exact) mass is 382 g/mol. The van der Waals surface area contributed by atoms with Crippen molar-refractivity contribution >= 4 is 17.6 Å². The second-order valence-electron chi connectivity index (χ2n) is 7.35. The van der Waals surface area contributed by atoms with Crippen LogP contribution in [-0.2, 0) is 11.2 Å². The average molecular weight is 383 g/mol. The summed E-state index contributed by atoms with van der Waals surface area (Å²) in [5, 5.41) is 5.82. The van der Waals surface area contributed by atoms with E-state index in [0.29, 0.717) is 12.2 Å². The molecule has 0 aromatic heterocycles. The molecule has 2 N–H and O–H groups in total. The molecular formula is C22H30N4O2. The molecule has 3 amide bonds. The van der Waals surface area contributed by atoms with Crippen LogP contribution >= 0.6 is 0 Å². The molecule has 0 spiro atoms. The van der Waals surface area contributed by atoms with E-state index >= 15 is 0 Å². The molecule has 6 heteroatoms. The van der Waals surface area contributed by atoms with E-state index in [1.54, 1.807) is 19.0 Å². The third-order valence-electron chi connectivity index (χ3n) is 4.61. The van der Waals surface area contributed by atoms with Crippen molar-refractivity contribution in [2.45, 2.75) is 19.4 Å². The van der Waals surface area contributed by atoms with Gasteiger partial charge in [0.2, 0.25) is 5.91 Å².